The van der Waals surface area contributed by atoms with Gasteiger partial charge in [-0.05, 0) is 80.2 Å². The van der Waals surface area contributed by atoms with E-state index in [1.165, 1.54) is 25.3 Å². The number of pyridine rings is 1. The highest BCUT2D eigenvalue weighted by Crippen LogP contribution is 2.48. The van der Waals surface area contributed by atoms with Crippen LogP contribution in [0.15, 0.2) is 24.3 Å². The zero-order chi connectivity index (χ0) is 32.9. The van der Waals surface area contributed by atoms with E-state index in [2.05, 4.69) is 21.9 Å². The Morgan fingerprint density at radius 2 is 1.91 bits per heavy atom. The van der Waals surface area contributed by atoms with Crippen molar-refractivity contribution in [2.24, 2.45) is 5.41 Å². The van der Waals surface area contributed by atoms with E-state index in [0.29, 0.717) is 54.4 Å². The molecule has 3 unspecified atom stereocenters. The van der Waals surface area contributed by atoms with Crippen LogP contribution in [-0.4, -0.2) is 95.8 Å². The van der Waals surface area contributed by atoms with Crippen molar-refractivity contribution in [3.8, 4) is 28.9 Å². The van der Waals surface area contributed by atoms with Gasteiger partial charge in [-0.1, -0.05) is 19.4 Å². The molecular weight excluding hydrogens is 608 g/mol. The van der Waals surface area contributed by atoms with Gasteiger partial charge in [0, 0.05) is 30.1 Å². The van der Waals surface area contributed by atoms with E-state index in [0.717, 1.165) is 38.6 Å². The summed E-state index contributed by atoms with van der Waals surface area (Å²) < 4.78 is 49.9. The first-order valence-corrected chi connectivity index (χ1v) is 16.5. The lowest BCUT2D eigenvalue weighted by atomic mass is 9.76. The van der Waals surface area contributed by atoms with Crippen molar-refractivity contribution in [1.82, 2.24) is 19.9 Å². The number of anilines is 1. The smallest absolute Gasteiger partial charge is 0.319 e. The fourth-order valence-electron chi connectivity index (χ4n) is 8.13. The highest BCUT2D eigenvalue weighted by molar-refractivity contribution is 6.03. The number of aliphatic hydroxyl groups excluding tert-OH is 1. The number of phenols is 1. The number of aliphatic hydroxyl groups is 1. The number of halogens is 2. The molecule has 1 aliphatic carbocycles. The summed E-state index contributed by atoms with van der Waals surface area (Å²) in [5.74, 6) is -0.970. The highest BCUT2D eigenvalue weighted by atomic mass is 19.1. The number of phenolic OH excluding ortho intramolecular Hbond substituents is 1. The van der Waals surface area contributed by atoms with Gasteiger partial charge in [-0.2, -0.15) is 9.97 Å². The van der Waals surface area contributed by atoms with Gasteiger partial charge in [0.2, 0.25) is 5.88 Å². The molecule has 10 nitrogen and oxygen atoms in total. The number of hydrogen-bond donors (Lipinski definition) is 2. The lowest BCUT2D eigenvalue weighted by molar-refractivity contribution is 0.0133. The van der Waals surface area contributed by atoms with E-state index >= 15 is 8.78 Å². The van der Waals surface area contributed by atoms with Crippen LogP contribution in [0.5, 0.6) is 17.6 Å². The molecule has 0 radical (unpaired) electrons. The van der Waals surface area contributed by atoms with Gasteiger partial charge in [-0.3, -0.25) is 0 Å². The Morgan fingerprint density at radius 1 is 1.09 bits per heavy atom. The number of methoxy groups -OCH3 is 1. The number of aromatic nitrogens is 3. The van der Waals surface area contributed by atoms with E-state index in [9.17, 15) is 10.2 Å². The number of rotatable bonds is 7. The summed E-state index contributed by atoms with van der Waals surface area (Å²) in [5, 5.41) is 22.5. The molecule has 2 N–H and O–H groups in total. The summed E-state index contributed by atoms with van der Waals surface area (Å²) in [6, 6.07) is 6.22. The monoisotopic (exact) mass is 649 g/mol. The molecule has 2 aliphatic heterocycles. The summed E-state index contributed by atoms with van der Waals surface area (Å²) in [7, 11) is 3.59. The maximum atomic E-state index is 17.1. The fraction of sp³-hybridized carbons (Fsp3) is 0.514. The molecule has 4 heterocycles. The van der Waals surface area contributed by atoms with Gasteiger partial charge in [-0.15, -0.1) is 0 Å². The second-order valence-corrected chi connectivity index (χ2v) is 13.1. The van der Waals surface area contributed by atoms with Crippen LogP contribution in [0, 0.1) is 17.0 Å². The molecule has 3 aliphatic rings. The zero-order valence-electron chi connectivity index (χ0n) is 27.1. The Labute approximate surface area is 272 Å². The van der Waals surface area contributed by atoms with Gasteiger partial charge >= 0.3 is 6.01 Å². The number of β-amino-alcohol motifs (C(OH)–C–C–N with tert-alkyl or cyclic N) is 1. The minimum absolute atomic E-state index is 0.0135. The van der Waals surface area contributed by atoms with Crippen molar-refractivity contribution >= 4 is 27.5 Å². The number of likely N-dealkylation sites (tertiary alicyclic amines) is 1. The molecule has 2 aromatic carbocycles. The molecule has 4 aromatic rings. The number of aromatic hydroxyl groups is 1. The SMILES string of the molecule is CCc1c(F)ccc2cc(O)cc(-c3nc(OC)c4c(N5CCOCC(O)C5)nc(OCC56CCCC5N(C)CCC6)nc4c3F)c12. The first-order valence-electron chi connectivity index (χ1n) is 16.5. The molecule has 7 rings (SSSR count). The minimum atomic E-state index is -0.799. The molecule has 0 bridgehead atoms. The van der Waals surface area contributed by atoms with Gasteiger partial charge in [-0.25, -0.2) is 13.8 Å². The van der Waals surface area contributed by atoms with Crippen LogP contribution < -0.4 is 14.4 Å². The average Bonchev–Trinajstić information content (AvgIpc) is 3.39. The Morgan fingerprint density at radius 3 is 2.72 bits per heavy atom. The van der Waals surface area contributed by atoms with Gasteiger partial charge in [0.05, 0.1) is 33.0 Å². The summed E-state index contributed by atoms with van der Waals surface area (Å²) in [5.41, 5.74) is 0.325. The van der Waals surface area contributed by atoms with Crippen molar-refractivity contribution < 1.29 is 33.2 Å². The van der Waals surface area contributed by atoms with E-state index in [4.69, 9.17) is 19.2 Å². The van der Waals surface area contributed by atoms with Crippen molar-refractivity contribution in [3.05, 3.63) is 41.5 Å². The summed E-state index contributed by atoms with van der Waals surface area (Å²) in [6.07, 6.45) is 4.91. The molecule has 0 amide bonds. The highest BCUT2D eigenvalue weighted by Gasteiger charge is 2.47. The van der Waals surface area contributed by atoms with Gasteiger partial charge < -0.3 is 34.2 Å². The Bertz CT molecular complexity index is 1830. The maximum Gasteiger partial charge on any atom is 0.319 e. The molecule has 2 aromatic heterocycles. The van der Waals surface area contributed by atoms with Crippen molar-refractivity contribution in [1.29, 1.82) is 0 Å². The molecule has 3 fully saturated rings. The first kappa shape index (κ1) is 31.7. The molecule has 1 saturated carbocycles. The molecular formula is C35H41F2N5O5. The van der Waals surface area contributed by atoms with Crippen LogP contribution in [0.2, 0.25) is 0 Å². The molecule has 250 valence electrons. The van der Waals surface area contributed by atoms with Crippen LogP contribution in [0.4, 0.5) is 14.6 Å². The quantitative estimate of drug-likeness (QED) is 0.276. The fourth-order valence-corrected chi connectivity index (χ4v) is 8.13. The molecule has 2 saturated heterocycles. The maximum absolute atomic E-state index is 17.1. The molecule has 47 heavy (non-hydrogen) atoms. The van der Waals surface area contributed by atoms with E-state index < -0.39 is 17.7 Å². The topological polar surface area (TPSA) is 113 Å². The third kappa shape index (κ3) is 5.59. The number of nitrogens with zero attached hydrogens (tertiary/aromatic N) is 5. The van der Waals surface area contributed by atoms with Crippen LogP contribution >= 0.6 is 0 Å². The third-order valence-corrected chi connectivity index (χ3v) is 10.3. The van der Waals surface area contributed by atoms with Gasteiger partial charge in [0.1, 0.15) is 34.0 Å². The van der Waals surface area contributed by atoms with Crippen molar-refractivity contribution in [2.45, 2.75) is 57.6 Å². The second kappa shape index (κ2) is 12.6. The second-order valence-electron chi connectivity index (χ2n) is 13.1. The van der Waals surface area contributed by atoms with E-state index in [1.54, 1.807) is 6.07 Å². The van der Waals surface area contributed by atoms with E-state index in [-0.39, 0.29) is 58.4 Å². The number of ether oxygens (including phenoxy) is 3. The summed E-state index contributed by atoms with van der Waals surface area (Å²) in [6.45, 7) is 4.32. The number of piperidine rings is 1. The van der Waals surface area contributed by atoms with Crippen LogP contribution in [0.25, 0.3) is 32.9 Å². The van der Waals surface area contributed by atoms with Gasteiger partial charge in [0.25, 0.3) is 0 Å². The van der Waals surface area contributed by atoms with Crippen molar-refractivity contribution in [3.63, 3.8) is 0 Å². The molecule has 3 atom stereocenters. The number of benzene rings is 2. The van der Waals surface area contributed by atoms with Crippen molar-refractivity contribution in [2.75, 3.05) is 58.5 Å². The zero-order valence-corrected chi connectivity index (χ0v) is 27.1. The average molecular weight is 650 g/mol. The molecule has 12 heteroatoms. The number of fused-ring (bicyclic) bond motifs is 3. The van der Waals surface area contributed by atoms with Gasteiger partial charge in [0.15, 0.2) is 5.82 Å². The lowest BCUT2D eigenvalue weighted by Crippen LogP contribution is -2.50. The predicted octanol–water partition coefficient (Wildman–Crippen LogP) is 5.24. The van der Waals surface area contributed by atoms with Crippen LogP contribution in [0.1, 0.15) is 44.6 Å². The largest absolute Gasteiger partial charge is 0.508 e. The predicted molar refractivity (Wildman–Crippen MR) is 174 cm³/mol. The minimum Gasteiger partial charge on any atom is -0.508 e. The number of hydrogen-bond acceptors (Lipinski definition) is 10. The Kier molecular flexibility index (Phi) is 8.52. The Balaban J connectivity index is 1.43. The van der Waals surface area contributed by atoms with Crippen LogP contribution in [0.3, 0.4) is 0 Å². The van der Waals surface area contributed by atoms with E-state index in [1.807, 2.05) is 11.8 Å². The normalized spacial score (nSPS) is 23.7. The lowest BCUT2D eigenvalue weighted by Gasteiger charge is -2.44. The first-order chi connectivity index (χ1) is 22.7. The standard InChI is InChI=1S/C35H41F2N5O5/c1-4-23-25(36)9-8-20-15-21(43)16-24(27(20)23)30-29(37)31-28(33(38-30)45-3)32(42-13-14-46-18-22(44)17-42)40-34(39-31)47-19-35-10-5-7-26(35)41(2)12-6-11-35/h8-9,15-16,22,26,43-44H,4-7,10-14,17-19H2,1-3H3. The third-order valence-electron chi connectivity index (χ3n) is 10.3. The van der Waals surface area contributed by atoms with Crippen LogP contribution in [-0.2, 0) is 11.2 Å². The summed E-state index contributed by atoms with van der Waals surface area (Å²) >= 11 is 0. The molecule has 0 spiro atoms. The Hall–Kier alpha value is -3.87. The number of aryl methyl sites for hydroxylation is 1. The summed E-state index contributed by atoms with van der Waals surface area (Å²) in [4.78, 5) is 18.3.